The molecule has 2 N–H and O–H groups in total. The molecule has 7 nitrogen and oxygen atoms in total. The Morgan fingerprint density at radius 3 is 2.63 bits per heavy atom. The van der Waals surface area contributed by atoms with Gasteiger partial charge in [-0.2, -0.15) is 0 Å². The highest BCUT2D eigenvalue weighted by atomic mass is 35.5. The summed E-state index contributed by atoms with van der Waals surface area (Å²) in [6, 6.07) is 7.16. The molecule has 0 fully saturated rings. The molecule has 0 radical (unpaired) electrons. The minimum absolute atomic E-state index is 0.0662. The van der Waals surface area contributed by atoms with Crippen LogP contribution in [0.4, 0.5) is 0 Å². The molecule has 0 aliphatic rings. The van der Waals surface area contributed by atoms with Crippen LogP contribution >= 0.6 is 11.6 Å². The van der Waals surface area contributed by atoms with Crippen LogP contribution in [0.3, 0.4) is 0 Å². The Bertz CT molecular complexity index is 1000. The first kappa shape index (κ1) is 19.0. The van der Waals surface area contributed by atoms with Gasteiger partial charge in [0, 0.05) is 42.3 Å². The van der Waals surface area contributed by atoms with Crippen molar-refractivity contribution in [2.45, 2.75) is 25.8 Å². The van der Waals surface area contributed by atoms with Gasteiger partial charge in [0.1, 0.15) is 0 Å². The van der Waals surface area contributed by atoms with Gasteiger partial charge < -0.3 is 10.4 Å². The molecule has 2 heterocycles. The maximum Gasteiger partial charge on any atom is 0.262 e. The lowest BCUT2D eigenvalue weighted by Gasteiger charge is -2.07. The molecule has 0 atom stereocenters. The molecule has 2 aromatic heterocycles. The van der Waals surface area contributed by atoms with Crippen molar-refractivity contribution >= 4 is 23.3 Å². The van der Waals surface area contributed by atoms with Crippen molar-refractivity contribution in [2.75, 3.05) is 6.61 Å². The first-order valence-electron chi connectivity index (χ1n) is 8.54. The van der Waals surface area contributed by atoms with Gasteiger partial charge in [-0.05, 0) is 36.1 Å². The Balaban J connectivity index is 1.71. The molecule has 140 valence electrons. The minimum atomic E-state index is -0.319. The van der Waals surface area contributed by atoms with E-state index >= 15 is 0 Å². The maximum atomic E-state index is 12.6. The molecule has 0 bridgehead atoms. The molecule has 27 heavy (non-hydrogen) atoms. The van der Waals surface area contributed by atoms with Gasteiger partial charge in [-0.3, -0.25) is 14.0 Å². The van der Waals surface area contributed by atoms with E-state index in [4.69, 9.17) is 16.7 Å². The van der Waals surface area contributed by atoms with Crippen molar-refractivity contribution in [2.24, 2.45) is 0 Å². The first-order chi connectivity index (χ1) is 13.1. The van der Waals surface area contributed by atoms with E-state index in [1.54, 1.807) is 24.5 Å². The van der Waals surface area contributed by atoms with E-state index in [0.717, 1.165) is 11.1 Å². The predicted molar refractivity (Wildman–Crippen MR) is 102 cm³/mol. The Labute approximate surface area is 160 Å². The van der Waals surface area contributed by atoms with Gasteiger partial charge in [0.15, 0.2) is 0 Å². The number of aliphatic hydroxyl groups excluding tert-OH is 1. The zero-order valence-corrected chi connectivity index (χ0v) is 15.3. The molecule has 1 aromatic carbocycles. The highest BCUT2D eigenvalue weighted by molar-refractivity contribution is 6.30. The van der Waals surface area contributed by atoms with E-state index < -0.39 is 0 Å². The molecule has 3 rings (SSSR count). The number of carbonyl (C=O) groups excluding carboxylic acids is 1. The summed E-state index contributed by atoms with van der Waals surface area (Å²) in [5.41, 5.74) is 1.71. The molecule has 0 saturated carbocycles. The number of aliphatic hydroxyl groups is 1. The molecular weight excluding hydrogens is 368 g/mol. The normalized spacial score (nSPS) is 10.9. The number of fused-ring (bicyclic) bond motifs is 1. The number of hydrogen-bond acceptors (Lipinski definition) is 5. The standard InChI is InChI=1S/C19H19ClN4O3/c20-16-5-3-13(4-6-16)9-21-17(26)8-15-11-23-19-22-10-14(2-1-7-25)12-24(19)18(15)27/h3-6,10-12,25H,1-2,7-9H2,(H,21,26). The van der Waals surface area contributed by atoms with E-state index in [1.165, 1.54) is 10.6 Å². The van der Waals surface area contributed by atoms with E-state index in [0.29, 0.717) is 30.0 Å². The molecule has 0 unspecified atom stereocenters. The number of benzene rings is 1. The number of hydrogen-bond donors (Lipinski definition) is 2. The summed E-state index contributed by atoms with van der Waals surface area (Å²) in [5, 5.41) is 12.3. The Hall–Kier alpha value is -2.77. The number of aryl methyl sites for hydroxylation is 1. The molecule has 0 aliphatic carbocycles. The largest absolute Gasteiger partial charge is 0.396 e. The number of nitrogens with zero attached hydrogens (tertiary/aromatic N) is 3. The van der Waals surface area contributed by atoms with E-state index in [2.05, 4.69) is 15.3 Å². The van der Waals surface area contributed by atoms with Gasteiger partial charge in [-0.1, -0.05) is 23.7 Å². The lowest BCUT2D eigenvalue weighted by Crippen LogP contribution is -2.29. The van der Waals surface area contributed by atoms with E-state index in [-0.39, 0.29) is 30.3 Å². The smallest absolute Gasteiger partial charge is 0.262 e. The third-order valence-electron chi connectivity index (χ3n) is 4.06. The monoisotopic (exact) mass is 386 g/mol. The zero-order chi connectivity index (χ0) is 19.2. The van der Waals surface area contributed by atoms with Gasteiger partial charge >= 0.3 is 0 Å². The molecule has 0 spiro atoms. The number of rotatable bonds is 7. The molecule has 0 aliphatic heterocycles. The quantitative estimate of drug-likeness (QED) is 0.641. The van der Waals surface area contributed by atoms with Crippen molar-refractivity contribution in [3.05, 3.63) is 74.9 Å². The summed E-state index contributed by atoms with van der Waals surface area (Å²) in [4.78, 5) is 33.1. The highest BCUT2D eigenvalue weighted by Gasteiger charge is 2.11. The van der Waals surface area contributed by atoms with Crippen LogP contribution in [0.2, 0.25) is 5.02 Å². The minimum Gasteiger partial charge on any atom is -0.396 e. The van der Waals surface area contributed by atoms with Crippen molar-refractivity contribution < 1.29 is 9.90 Å². The third kappa shape index (κ3) is 4.90. The summed E-state index contributed by atoms with van der Waals surface area (Å²) in [6.07, 6.45) is 5.81. The number of nitrogens with one attached hydrogen (secondary N) is 1. The SMILES string of the molecule is O=C(Cc1cnc2ncc(CCCO)cn2c1=O)NCc1ccc(Cl)cc1. The zero-order valence-electron chi connectivity index (χ0n) is 14.6. The number of carbonyl (C=O) groups is 1. The Morgan fingerprint density at radius 2 is 1.89 bits per heavy atom. The second kappa shape index (κ2) is 8.75. The van der Waals surface area contributed by atoms with Crippen molar-refractivity contribution in [3.8, 4) is 0 Å². The van der Waals surface area contributed by atoms with E-state index in [9.17, 15) is 9.59 Å². The summed E-state index contributed by atoms with van der Waals surface area (Å²) < 4.78 is 1.34. The first-order valence-corrected chi connectivity index (χ1v) is 8.92. The number of halogens is 1. The van der Waals surface area contributed by atoms with Gasteiger partial charge in [-0.25, -0.2) is 9.97 Å². The highest BCUT2D eigenvalue weighted by Crippen LogP contribution is 2.09. The summed E-state index contributed by atoms with van der Waals surface area (Å²) in [7, 11) is 0. The average Bonchev–Trinajstić information content (AvgIpc) is 2.68. The van der Waals surface area contributed by atoms with E-state index in [1.807, 2.05) is 12.1 Å². The van der Waals surface area contributed by atoms with Crippen LogP contribution in [0.5, 0.6) is 0 Å². The number of aromatic nitrogens is 3. The maximum absolute atomic E-state index is 12.6. The third-order valence-corrected chi connectivity index (χ3v) is 4.32. The van der Waals surface area contributed by atoms with Gasteiger partial charge in [0.05, 0.1) is 6.42 Å². The van der Waals surface area contributed by atoms with Gasteiger partial charge in [0.2, 0.25) is 11.7 Å². The predicted octanol–water partition coefficient (Wildman–Crippen LogP) is 1.53. The second-order valence-corrected chi connectivity index (χ2v) is 6.56. The molecule has 8 heteroatoms. The fourth-order valence-corrected chi connectivity index (χ4v) is 2.75. The van der Waals surface area contributed by atoms with Crippen LogP contribution in [0, 0.1) is 0 Å². The van der Waals surface area contributed by atoms with Crippen LogP contribution in [0.25, 0.3) is 5.78 Å². The molecule has 0 saturated heterocycles. The van der Waals surface area contributed by atoms with Crippen LogP contribution in [0.1, 0.15) is 23.1 Å². The van der Waals surface area contributed by atoms with Crippen LogP contribution in [-0.4, -0.2) is 32.0 Å². The average molecular weight is 387 g/mol. The van der Waals surface area contributed by atoms with Crippen molar-refractivity contribution in [1.82, 2.24) is 19.7 Å². The summed E-state index contributed by atoms with van der Waals surface area (Å²) >= 11 is 5.84. The van der Waals surface area contributed by atoms with Crippen molar-refractivity contribution in [1.29, 1.82) is 0 Å². The van der Waals surface area contributed by atoms with Crippen molar-refractivity contribution in [3.63, 3.8) is 0 Å². The van der Waals surface area contributed by atoms with Crippen LogP contribution in [-0.2, 0) is 24.2 Å². The van der Waals surface area contributed by atoms with Gasteiger partial charge in [-0.15, -0.1) is 0 Å². The van der Waals surface area contributed by atoms with Crippen LogP contribution in [0.15, 0.2) is 47.7 Å². The molecule has 3 aromatic rings. The lowest BCUT2D eigenvalue weighted by molar-refractivity contribution is -0.120. The fourth-order valence-electron chi connectivity index (χ4n) is 2.62. The summed E-state index contributed by atoms with van der Waals surface area (Å²) in [5.74, 6) is 0.00580. The number of amides is 1. The van der Waals surface area contributed by atoms with Crippen LogP contribution < -0.4 is 10.9 Å². The fraction of sp³-hybridized carbons (Fsp3) is 0.263. The second-order valence-electron chi connectivity index (χ2n) is 6.13. The lowest BCUT2D eigenvalue weighted by atomic mass is 10.2. The van der Waals surface area contributed by atoms with Gasteiger partial charge in [0.25, 0.3) is 5.56 Å². The molecule has 1 amide bonds. The molecular formula is C19H19ClN4O3. The Morgan fingerprint density at radius 1 is 1.15 bits per heavy atom. The summed E-state index contributed by atoms with van der Waals surface area (Å²) in [6.45, 7) is 0.421. The Kier molecular flexibility index (Phi) is 6.16. The topological polar surface area (TPSA) is 96.6 Å².